The summed E-state index contributed by atoms with van der Waals surface area (Å²) in [4.78, 5) is 12.8. The van der Waals surface area contributed by atoms with Crippen molar-refractivity contribution in [2.45, 2.75) is 10.1 Å². The van der Waals surface area contributed by atoms with Gasteiger partial charge >= 0.3 is 0 Å². The first-order valence-electron chi connectivity index (χ1n) is 6.09. The Hall–Kier alpha value is -2.67. The highest BCUT2D eigenvalue weighted by molar-refractivity contribution is 7.99. The van der Waals surface area contributed by atoms with Gasteiger partial charge in [-0.05, 0) is 23.9 Å². The van der Waals surface area contributed by atoms with Crippen LogP contribution in [-0.4, -0.2) is 26.0 Å². The summed E-state index contributed by atoms with van der Waals surface area (Å²) in [6.45, 7) is 0. The average molecular weight is 297 g/mol. The molecule has 104 valence electrons. The standard InChI is InChI=1S/C14H11N5OS/c15-14(19-20)10-7-12(21-13-8-16-5-6-17-13)18-11-4-2-1-3-9(10)11/h1-8,20H,(H2,15,19). The molecule has 0 saturated carbocycles. The van der Waals surface area contributed by atoms with Gasteiger partial charge in [-0.15, -0.1) is 0 Å². The van der Waals surface area contributed by atoms with E-state index in [2.05, 4.69) is 20.1 Å². The number of benzene rings is 1. The number of oxime groups is 1. The normalized spacial score (nSPS) is 11.7. The number of para-hydroxylation sites is 1. The molecule has 0 bridgehead atoms. The second-order valence-corrected chi connectivity index (χ2v) is 5.20. The third-order valence-electron chi connectivity index (χ3n) is 2.82. The molecule has 6 nitrogen and oxygen atoms in total. The molecular weight excluding hydrogens is 286 g/mol. The van der Waals surface area contributed by atoms with Crippen molar-refractivity contribution < 1.29 is 5.21 Å². The summed E-state index contributed by atoms with van der Waals surface area (Å²) < 4.78 is 0. The zero-order chi connectivity index (χ0) is 14.7. The van der Waals surface area contributed by atoms with Crippen LogP contribution in [0.5, 0.6) is 0 Å². The van der Waals surface area contributed by atoms with Crippen LogP contribution in [-0.2, 0) is 0 Å². The molecule has 2 heterocycles. The van der Waals surface area contributed by atoms with Crippen molar-refractivity contribution in [3.63, 3.8) is 0 Å². The number of nitrogens with two attached hydrogens (primary N) is 1. The molecule has 0 radical (unpaired) electrons. The Balaban J connectivity index is 2.12. The van der Waals surface area contributed by atoms with Gasteiger partial charge in [-0.25, -0.2) is 9.97 Å². The maximum atomic E-state index is 8.94. The highest BCUT2D eigenvalue weighted by Gasteiger charge is 2.10. The number of pyridine rings is 1. The maximum absolute atomic E-state index is 8.94. The van der Waals surface area contributed by atoms with E-state index in [1.165, 1.54) is 11.8 Å². The van der Waals surface area contributed by atoms with E-state index >= 15 is 0 Å². The molecule has 0 spiro atoms. The van der Waals surface area contributed by atoms with Crippen molar-refractivity contribution in [1.82, 2.24) is 15.0 Å². The molecule has 0 aliphatic carbocycles. The molecule has 21 heavy (non-hydrogen) atoms. The van der Waals surface area contributed by atoms with Crippen LogP contribution < -0.4 is 5.73 Å². The molecule has 7 heteroatoms. The van der Waals surface area contributed by atoms with Crippen molar-refractivity contribution in [1.29, 1.82) is 0 Å². The van der Waals surface area contributed by atoms with Crippen LogP contribution in [0.3, 0.4) is 0 Å². The van der Waals surface area contributed by atoms with Crippen LogP contribution in [0.15, 0.2) is 64.1 Å². The van der Waals surface area contributed by atoms with Crippen molar-refractivity contribution in [2.75, 3.05) is 0 Å². The summed E-state index contributed by atoms with van der Waals surface area (Å²) in [6.07, 6.45) is 4.89. The number of fused-ring (bicyclic) bond motifs is 1. The van der Waals surface area contributed by atoms with Crippen molar-refractivity contribution in [3.8, 4) is 0 Å². The van der Waals surface area contributed by atoms with Gasteiger partial charge in [0.2, 0.25) is 0 Å². The molecule has 0 amide bonds. The van der Waals surface area contributed by atoms with Crippen LogP contribution in [0.2, 0.25) is 0 Å². The zero-order valence-electron chi connectivity index (χ0n) is 10.8. The summed E-state index contributed by atoms with van der Waals surface area (Å²) >= 11 is 1.37. The van der Waals surface area contributed by atoms with Gasteiger partial charge in [-0.2, -0.15) is 0 Å². The number of hydrogen-bond donors (Lipinski definition) is 2. The Labute approximate surface area is 124 Å². The summed E-state index contributed by atoms with van der Waals surface area (Å²) in [5, 5.41) is 14.3. The first kappa shape index (κ1) is 13.3. The summed E-state index contributed by atoms with van der Waals surface area (Å²) in [5.41, 5.74) is 7.16. The van der Waals surface area contributed by atoms with Gasteiger partial charge in [0.25, 0.3) is 0 Å². The van der Waals surface area contributed by atoms with Crippen molar-refractivity contribution in [2.24, 2.45) is 10.9 Å². The smallest absolute Gasteiger partial charge is 0.170 e. The summed E-state index contributed by atoms with van der Waals surface area (Å²) in [6, 6.07) is 9.31. The Morgan fingerprint density at radius 2 is 2.05 bits per heavy atom. The summed E-state index contributed by atoms with van der Waals surface area (Å²) in [5.74, 6) is 0.0506. The molecular formula is C14H11N5OS. The fraction of sp³-hybridized carbons (Fsp3) is 0. The van der Waals surface area contributed by atoms with Crippen LogP contribution >= 0.6 is 11.8 Å². The molecule has 0 fully saturated rings. The lowest BCUT2D eigenvalue weighted by Gasteiger charge is -2.07. The third kappa shape index (κ3) is 2.77. The first-order chi connectivity index (χ1) is 10.3. The Morgan fingerprint density at radius 1 is 1.19 bits per heavy atom. The lowest BCUT2D eigenvalue weighted by molar-refractivity contribution is 0.318. The SMILES string of the molecule is NC(=NO)c1cc(Sc2cnccn2)nc2ccccc12. The molecule has 0 saturated heterocycles. The van der Waals surface area contributed by atoms with E-state index in [-0.39, 0.29) is 5.84 Å². The quantitative estimate of drug-likeness (QED) is 0.333. The number of amidine groups is 1. The molecule has 3 N–H and O–H groups in total. The second-order valence-electron chi connectivity index (χ2n) is 4.16. The predicted octanol–water partition coefficient (Wildman–Crippen LogP) is 2.27. The van der Waals surface area contributed by atoms with E-state index in [1.54, 1.807) is 24.7 Å². The van der Waals surface area contributed by atoms with Gasteiger partial charge in [-0.3, -0.25) is 4.98 Å². The monoisotopic (exact) mass is 297 g/mol. The topological polar surface area (TPSA) is 97.3 Å². The molecule has 1 aromatic carbocycles. The van der Waals surface area contributed by atoms with E-state index in [4.69, 9.17) is 10.9 Å². The molecule has 0 unspecified atom stereocenters. The van der Waals surface area contributed by atoms with Gasteiger partial charge < -0.3 is 10.9 Å². The molecule has 3 aromatic rings. The van der Waals surface area contributed by atoms with Gasteiger partial charge in [0.1, 0.15) is 10.1 Å². The van der Waals surface area contributed by atoms with Crippen LogP contribution in [0.1, 0.15) is 5.56 Å². The Bertz CT molecular complexity index is 807. The fourth-order valence-electron chi connectivity index (χ4n) is 1.91. The third-order valence-corrected chi connectivity index (χ3v) is 3.66. The zero-order valence-corrected chi connectivity index (χ0v) is 11.7. The van der Waals surface area contributed by atoms with E-state index in [0.29, 0.717) is 10.6 Å². The van der Waals surface area contributed by atoms with Gasteiger partial charge in [0.15, 0.2) is 5.84 Å². The Kier molecular flexibility index (Phi) is 3.65. The van der Waals surface area contributed by atoms with Gasteiger partial charge in [0.05, 0.1) is 11.7 Å². The van der Waals surface area contributed by atoms with E-state index < -0.39 is 0 Å². The number of hydrogen-bond acceptors (Lipinski definition) is 6. The number of rotatable bonds is 3. The largest absolute Gasteiger partial charge is 0.409 e. The molecule has 0 aliphatic heterocycles. The highest BCUT2D eigenvalue weighted by atomic mass is 32.2. The van der Waals surface area contributed by atoms with Gasteiger partial charge in [-0.1, -0.05) is 23.4 Å². The fourth-order valence-corrected chi connectivity index (χ4v) is 2.68. The van der Waals surface area contributed by atoms with Crippen molar-refractivity contribution >= 4 is 28.5 Å². The molecule has 2 aromatic heterocycles. The molecule has 3 rings (SSSR count). The van der Waals surface area contributed by atoms with E-state index in [9.17, 15) is 0 Å². The lowest BCUT2D eigenvalue weighted by Crippen LogP contribution is -2.14. The molecule has 0 atom stereocenters. The minimum absolute atomic E-state index is 0.0506. The second kappa shape index (κ2) is 5.76. The van der Waals surface area contributed by atoms with Crippen LogP contribution in [0, 0.1) is 0 Å². The number of aromatic nitrogens is 3. The Morgan fingerprint density at radius 3 is 2.81 bits per heavy atom. The predicted molar refractivity (Wildman–Crippen MR) is 80.4 cm³/mol. The summed E-state index contributed by atoms with van der Waals surface area (Å²) in [7, 11) is 0. The maximum Gasteiger partial charge on any atom is 0.170 e. The minimum Gasteiger partial charge on any atom is -0.409 e. The van der Waals surface area contributed by atoms with Crippen LogP contribution in [0.25, 0.3) is 10.9 Å². The van der Waals surface area contributed by atoms with Crippen molar-refractivity contribution in [3.05, 3.63) is 54.5 Å². The van der Waals surface area contributed by atoms with Crippen LogP contribution in [0.4, 0.5) is 0 Å². The highest BCUT2D eigenvalue weighted by Crippen LogP contribution is 2.28. The van der Waals surface area contributed by atoms with Gasteiger partial charge in [0, 0.05) is 23.3 Å². The molecule has 0 aliphatic rings. The number of nitrogens with zero attached hydrogens (tertiary/aromatic N) is 4. The lowest BCUT2D eigenvalue weighted by atomic mass is 10.1. The van der Waals surface area contributed by atoms with E-state index in [0.717, 1.165) is 15.9 Å². The first-order valence-corrected chi connectivity index (χ1v) is 6.91. The average Bonchev–Trinajstić information content (AvgIpc) is 2.54. The minimum atomic E-state index is 0.0506. The van der Waals surface area contributed by atoms with E-state index in [1.807, 2.05) is 24.3 Å².